The number of rotatable bonds is 10. The lowest BCUT2D eigenvalue weighted by atomic mass is 10.1. The first kappa shape index (κ1) is 26.5. The third-order valence-corrected chi connectivity index (χ3v) is 5.91. The van der Waals surface area contributed by atoms with Crippen LogP contribution < -0.4 is 14.8 Å². The minimum atomic E-state index is -0.388. The highest BCUT2D eigenvalue weighted by Crippen LogP contribution is 2.24. The van der Waals surface area contributed by atoms with Crippen LogP contribution in [0.4, 0.5) is 0 Å². The lowest BCUT2D eigenvalue weighted by Gasteiger charge is -2.32. The van der Waals surface area contributed by atoms with Crippen molar-refractivity contribution in [3.05, 3.63) is 96.1 Å². The SMILES string of the molecule is C=C/C(=C\C=C/C)C(=O)CNC(=O)c1ccccc1OC1CCN(C(=O)c2ccc(OC)cc2)CC1. The summed E-state index contributed by atoms with van der Waals surface area (Å²) < 4.78 is 11.3. The highest BCUT2D eigenvalue weighted by molar-refractivity contribution is 6.04. The summed E-state index contributed by atoms with van der Waals surface area (Å²) in [6.07, 6.45) is 7.85. The molecule has 7 nitrogen and oxygen atoms in total. The average Bonchev–Trinajstić information content (AvgIpc) is 2.92. The molecule has 1 fully saturated rings. The van der Waals surface area contributed by atoms with Crippen LogP contribution in [0.15, 0.2) is 85.0 Å². The van der Waals surface area contributed by atoms with E-state index in [4.69, 9.17) is 9.47 Å². The molecule has 0 unspecified atom stereocenters. The number of benzene rings is 2. The first-order valence-electron chi connectivity index (χ1n) is 11.9. The highest BCUT2D eigenvalue weighted by atomic mass is 16.5. The molecule has 3 rings (SSSR count). The molecule has 1 aliphatic heterocycles. The fourth-order valence-electron chi connectivity index (χ4n) is 3.86. The van der Waals surface area contributed by atoms with E-state index in [1.807, 2.05) is 17.9 Å². The van der Waals surface area contributed by atoms with E-state index in [9.17, 15) is 14.4 Å². The van der Waals surface area contributed by atoms with E-state index in [2.05, 4.69) is 11.9 Å². The largest absolute Gasteiger partial charge is 0.497 e. The minimum absolute atomic E-state index is 0.0251. The van der Waals surface area contributed by atoms with Crippen molar-refractivity contribution in [1.29, 1.82) is 0 Å². The van der Waals surface area contributed by atoms with Gasteiger partial charge in [0.05, 0.1) is 19.2 Å². The number of likely N-dealkylation sites (tertiary alicyclic amines) is 1. The summed E-state index contributed by atoms with van der Waals surface area (Å²) in [4.78, 5) is 39.8. The zero-order valence-electron chi connectivity index (χ0n) is 20.7. The third kappa shape index (κ3) is 6.95. The first-order chi connectivity index (χ1) is 17.5. The highest BCUT2D eigenvalue weighted by Gasteiger charge is 2.26. The molecule has 0 spiro atoms. The van der Waals surface area contributed by atoms with Crippen LogP contribution in [0.3, 0.4) is 0 Å². The van der Waals surface area contributed by atoms with E-state index in [1.54, 1.807) is 67.8 Å². The number of nitrogens with zero attached hydrogens (tertiary/aromatic N) is 1. The summed E-state index contributed by atoms with van der Waals surface area (Å²) >= 11 is 0. The summed E-state index contributed by atoms with van der Waals surface area (Å²) in [6, 6.07) is 14.0. The standard InChI is InChI=1S/C29H32N2O5/c1-4-6-9-21(5-2)26(32)20-30-28(33)25-10-7-8-11-27(25)36-24-16-18-31(19-17-24)29(34)22-12-14-23(35-3)15-13-22/h4-15,24H,2,16-20H2,1,3H3,(H,30,33)/b6-4-,21-9+. The maximum Gasteiger partial charge on any atom is 0.255 e. The quantitative estimate of drug-likeness (QED) is 0.397. The molecule has 188 valence electrons. The number of methoxy groups -OCH3 is 1. The fourth-order valence-corrected chi connectivity index (χ4v) is 3.86. The lowest BCUT2D eigenvalue weighted by Crippen LogP contribution is -2.42. The Balaban J connectivity index is 1.56. The molecule has 0 radical (unpaired) electrons. The Hall–Kier alpha value is -4.13. The molecule has 0 bridgehead atoms. The van der Waals surface area contributed by atoms with E-state index >= 15 is 0 Å². The fraction of sp³-hybridized carbons (Fsp3) is 0.276. The number of nitrogens with one attached hydrogen (secondary N) is 1. The maximum absolute atomic E-state index is 12.8. The van der Waals surface area contributed by atoms with Gasteiger partial charge in [-0.25, -0.2) is 0 Å². The van der Waals surface area contributed by atoms with Crippen molar-refractivity contribution in [2.75, 3.05) is 26.7 Å². The van der Waals surface area contributed by atoms with Gasteiger partial charge in [-0.3, -0.25) is 14.4 Å². The van der Waals surface area contributed by atoms with Crippen molar-refractivity contribution in [1.82, 2.24) is 10.2 Å². The van der Waals surface area contributed by atoms with Gasteiger partial charge < -0.3 is 19.7 Å². The van der Waals surface area contributed by atoms with Gasteiger partial charge in [0.15, 0.2) is 5.78 Å². The molecule has 0 saturated carbocycles. The molecular formula is C29H32N2O5. The third-order valence-electron chi connectivity index (χ3n) is 5.91. The van der Waals surface area contributed by atoms with Gasteiger partial charge in [-0.2, -0.15) is 0 Å². The van der Waals surface area contributed by atoms with Gasteiger partial charge in [0.1, 0.15) is 17.6 Å². The van der Waals surface area contributed by atoms with Gasteiger partial charge in [-0.15, -0.1) is 0 Å². The molecule has 1 heterocycles. The molecule has 0 aliphatic carbocycles. The van der Waals surface area contributed by atoms with Gasteiger partial charge >= 0.3 is 0 Å². The molecule has 2 amide bonds. The lowest BCUT2D eigenvalue weighted by molar-refractivity contribution is -0.114. The van der Waals surface area contributed by atoms with E-state index in [1.165, 1.54) is 6.08 Å². The number of hydrogen-bond acceptors (Lipinski definition) is 5. The molecule has 0 atom stereocenters. The number of para-hydroxylation sites is 1. The summed E-state index contributed by atoms with van der Waals surface area (Å²) in [6.45, 7) is 6.47. The van der Waals surface area contributed by atoms with Crippen molar-refractivity contribution in [2.45, 2.75) is 25.9 Å². The molecular weight excluding hydrogens is 456 g/mol. The maximum atomic E-state index is 12.8. The van der Waals surface area contributed by atoms with Crippen LogP contribution in [0, 0.1) is 0 Å². The van der Waals surface area contributed by atoms with E-state index in [0.29, 0.717) is 54.1 Å². The summed E-state index contributed by atoms with van der Waals surface area (Å²) in [5.74, 6) is 0.514. The van der Waals surface area contributed by atoms with Crippen molar-refractivity contribution >= 4 is 17.6 Å². The van der Waals surface area contributed by atoms with E-state index in [-0.39, 0.29) is 30.2 Å². The number of hydrogen-bond donors (Lipinski definition) is 1. The zero-order chi connectivity index (χ0) is 25.9. The summed E-state index contributed by atoms with van der Waals surface area (Å²) in [7, 11) is 1.59. The Morgan fingerprint density at radius 1 is 1.08 bits per heavy atom. The molecule has 1 N–H and O–H groups in total. The van der Waals surface area contributed by atoms with Gasteiger partial charge in [0.2, 0.25) is 0 Å². The van der Waals surface area contributed by atoms with E-state index in [0.717, 1.165) is 0 Å². The number of piperidine rings is 1. The normalized spacial score (nSPS) is 14.4. The van der Waals surface area contributed by atoms with Gasteiger partial charge in [0.25, 0.3) is 11.8 Å². The van der Waals surface area contributed by atoms with Crippen LogP contribution in [0.25, 0.3) is 0 Å². The molecule has 36 heavy (non-hydrogen) atoms. The molecule has 2 aromatic rings. The second kappa shape index (κ2) is 13.1. The van der Waals surface area contributed by atoms with Crippen LogP contribution in [-0.2, 0) is 4.79 Å². The van der Waals surface area contributed by atoms with Crippen molar-refractivity contribution in [3.63, 3.8) is 0 Å². The van der Waals surface area contributed by atoms with E-state index < -0.39 is 0 Å². The minimum Gasteiger partial charge on any atom is -0.497 e. The number of amides is 2. The van der Waals surface area contributed by atoms with Crippen LogP contribution >= 0.6 is 0 Å². The van der Waals surface area contributed by atoms with Crippen LogP contribution in [-0.4, -0.2) is 55.3 Å². The Morgan fingerprint density at radius 3 is 2.42 bits per heavy atom. The molecule has 1 aliphatic rings. The number of ketones is 1. The molecule has 1 saturated heterocycles. The summed E-state index contributed by atoms with van der Waals surface area (Å²) in [5.41, 5.74) is 1.40. The average molecular weight is 489 g/mol. The Morgan fingerprint density at radius 2 is 1.78 bits per heavy atom. The van der Waals surface area contributed by atoms with Crippen molar-refractivity contribution < 1.29 is 23.9 Å². The molecule has 2 aromatic carbocycles. The number of carbonyl (C=O) groups is 3. The van der Waals surface area contributed by atoms with Gasteiger partial charge in [-0.05, 0) is 43.3 Å². The monoisotopic (exact) mass is 488 g/mol. The van der Waals surface area contributed by atoms with Gasteiger partial charge in [-0.1, -0.05) is 43.0 Å². The van der Waals surface area contributed by atoms with Crippen LogP contribution in [0.5, 0.6) is 11.5 Å². The summed E-state index contributed by atoms with van der Waals surface area (Å²) in [5, 5.41) is 2.67. The van der Waals surface area contributed by atoms with Crippen molar-refractivity contribution in [3.8, 4) is 11.5 Å². The molecule has 0 aromatic heterocycles. The van der Waals surface area contributed by atoms with Crippen LogP contribution in [0.1, 0.15) is 40.5 Å². The van der Waals surface area contributed by atoms with Crippen LogP contribution in [0.2, 0.25) is 0 Å². The second-order valence-electron chi connectivity index (χ2n) is 8.29. The number of allylic oxidation sites excluding steroid dienone is 4. The number of ether oxygens (including phenoxy) is 2. The molecule has 7 heteroatoms. The predicted molar refractivity (Wildman–Crippen MR) is 139 cm³/mol. The Kier molecular flexibility index (Phi) is 9.63. The first-order valence-corrected chi connectivity index (χ1v) is 11.9. The Bertz CT molecular complexity index is 1140. The zero-order valence-corrected chi connectivity index (χ0v) is 20.7. The number of Topliss-reactive ketones (excluding diaryl/α,β-unsaturated/α-hetero) is 1. The Labute approximate surface area is 212 Å². The second-order valence-corrected chi connectivity index (χ2v) is 8.29. The van der Waals surface area contributed by atoms with Crippen molar-refractivity contribution in [2.24, 2.45) is 0 Å². The van der Waals surface area contributed by atoms with Gasteiger partial charge in [0, 0.05) is 37.1 Å². The predicted octanol–water partition coefficient (Wildman–Crippen LogP) is 4.37. The smallest absolute Gasteiger partial charge is 0.255 e. The number of carbonyl (C=O) groups excluding carboxylic acids is 3. The topological polar surface area (TPSA) is 84.9 Å².